The van der Waals surface area contributed by atoms with Crippen molar-refractivity contribution in [2.45, 2.75) is 13.8 Å². The molecule has 0 saturated heterocycles. The summed E-state index contributed by atoms with van der Waals surface area (Å²) in [6, 6.07) is 7.75. The summed E-state index contributed by atoms with van der Waals surface area (Å²) < 4.78 is 0. The Hall–Kier alpha value is -1.06. The summed E-state index contributed by atoms with van der Waals surface area (Å²) in [7, 11) is 0. The number of halogens is 1. The molecular formula is C13H15ClN2S. The largest absolute Gasteiger partial charge is 0.361 e. The van der Waals surface area contributed by atoms with E-state index in [2.05, 4.69) is 29.5 Å². The van der Waals surface area contributed by atoms with Gasteiger partial charge in [0, 0.05) is 22.5 Å². The standard InChI is InChI=1S/C13H15ClN2S/c1-9(2)7-15-13-16-12(8-17-13)10-3-5-11(14)6-4-10/h3-6,8-9H,7H2,1-2H3,(H,15,16). The molecule has 1 N–H and O–H groups in total. The summed E-state index contributed by atoms with van der Waals surface area (Å²) in [5, 5.41) is 7.12. The molecule has 90 valence electrons. The predicted molar refractivity (Wildman–Crippen MR) is 75.9 cm³/mol. The van der Waals surface area contributed by atoms with Crippen molar-refractivity contribution >= 4 is 28.1 Å². The monoisotopic (exact) mass is 266 g/mol. The van der Waals surface area contributed by atoms with Crippen LogP contribution in [0.3, 0.4) is 0 Å². The quantitative estimate of drug-likeness (QED) is 0.879. The van der Waals surface area contributed by atoms with Gasteiger partial charge in [-0.05, 0) is 18.1 Å². The van der Waals surface area contributed by atoms with E-state index in [0.29, 0.717) is 5.92 Å². The molecule has 4 heteroatoms. The molecule has 0 aliphatic carbocycles. The van der Waals surface area contributed by atoms with E-state index in [0.717, 1.165) is 28.0 Å². The molecule has 0 saturated carbocycles. The minimum absolute atomic E-state index is 0.623. The summed E-state index contributed by atoms with van der Waals surface area (Å²) >= 11 is 7.49. The van der Waals surface area contributed by atoms with Crippen LogP contribution in [0.1, 0.15) is 13.8 Å². The minimum Gasteiger partial charge on any atom is -0.361 e. The zero-order valence-corrected chi connectivity index (χ0v) is 11.5. The molecule has 0 bridgehead atoms. The van der Waals surface area contributed by atoms with Crippen LogP contribution in [0.5, 0.6) is 0 Å². The molecule has 0 fully saturated rings. The first kappa shape index (κ1) is 12.4. The maximum absolute atomic E-state index is 5.86. The van der Waals surface area contributed by atoms with Crippen LogP contribution < -0.4 is 5.32 Å². The van der Waals surface area contributed by atoms with Gasteiger partial charge in [0.05, 0.1) is 5.69 Å². The average molecular weight is 267 g/mol. The van der Waals surface area contributed by atoms with Gasteiger partial charge in [-0.1, -0.05) is 37.6 Å². The second kappa shape index (κ2) is 5.52. The van der Waals surface area contributed by atoms with Gasteiger partial charge in [0.1, 0.15) is 0 Å². The highest BCUT2D eigenvalue weighted by Crippen LogP contribution is 2.25. The van der Waals surface area contributed by atoms with Crippen LogP contribution in [0.2, 0.25) is 5.02 Å². The van der Waals surface area contributed by atoms with Gasteiger partial charge in [0.15, 0.2) is 5.13 Å². The van der Waals surface area contributed by atoms with Crippen molar-refractivity contribution in [1.82, 2.24) is 4.98 Å². The van der Waals surface area contributed by atoms with Crippen LogP contribution >= 0.6 is 22.9 Å². The molecule has 0 atom stereocenters. The maximum atomic E-state index is 5.86. The lowest BCUT2D eigenvalue weighted by Gasteiger charge is -2.04. The van der Waals surface area contributed by atoms with Crippen LogP contribution in [0.4, 0.5) is 5.13 Å². The Morgan fingerprint density at radius 2 is 2.00 bits per heavy atom. The number of hydrogen-bond donors (Lipinski definition) is 1. The van der Waals surface area contributed by atoms with Crippen molar-refractivity contribution in [2.75, 3.05) is 11.9 Å². The van der Waals surface area contributed by atoms with E-state index in [-0.39, 0.29) is 0 Å². The third kappa shape index (κ3) is 3.45. The van der Waals surface area contributed by atoms with Crippen molar-refractivity contribution in [3.05, 3.63) is 34.7 Å². The third-order valence-electron chi connectivity index (χ3n) is 2.31. The van der Waals surface area contributed by atoms with Gasteiger partial charge in [0.25, 0.3) is 0 Å². The highest BCUT2D eigenvalue weighted by atomic mass is 35.5. The molecule has 0 radical (unpaired) electrons. The Labute approximate surface area is 111 Å². The Morgan fingerprint density at radius 1 is 1.29 bits per heavy atom. The summed E-state index contributed by atoms with van der Waals surface area (Å²) in [6.07, 6.45) is 0. The molecule has 0 unspecified atom stereocenters. The number of thiazole rings is 1. The van der Waals surface area contributed by atoms with Crippen molar-refractivity contribution in [3.63, 3.8) is 0 Å². The van der Waals surface area contributed by atoms with E-state index in [1.165, 1.54) is 0 Å². The Balaban J connectivity index is 2.10. The second-order valence-corrected chi connectivity index (χ2v) is 5.61. The molecule has 2 rings (SSSR count). The number of anilines is 1. The van der Waals surface area contributed by atoms with Gasteiger partial charge in [-0.3, -0.25) is 0 Å². The highest BCUT2D eigenvalue weighted by Gasteiger charge is 2.04. The fourth-order valence-electron chi connectivity index (χ4n) is 1.40. The Morgan fingerprint density at radius 3 is 2.65 bits per heavy atom. The molecule has 17 heavy (non-hydrogen) atoms. The normalized spacial score (nSPS) is 10.8. The SMILES string of the molecule is CC(C)CNc1nc(-c2ccc(Cl)cc2)cs1. The van der Waals surface area contributed by atoms with Crippen molar-refractivity contribution in [1.29, 1.82) is 0 Å². The van der Waals surface area contributed by atoms with Crippen molar-refractivity contribution in [2.24, 2.45) is 5.92 Å². The van der Waals surface area contributed by atoms with Gasteiger partial charge >= 0.3 is 0 Å². The molecule has 0 amide bonds. The van der Waals surface area contributed by atoms with Crippen LogP contribution in [0.25, 0.3) is 11.3 Å². The van der Waals surface area contributed by atoms with Gasteiger partial charge in [0.2, 0.25) is 0 Å². The maximum Gasteiger partial charge on any atom is 0.183 e. The molecule has 2 nitrogen and oxygen atoms in total. The fourth-order valence-corrected chi connectivity index (χ4v) is 2.26. The number of rotatable bonds is 4. The van der Waals surface area contributed by atoms with E-state index >= 15 is 0 Å². The van der Waals surface area contributed by atoms with E-state index in [9.17, 15) is 0 Å². The Bertz CT molecular complexity index is 476. The molecule has 0 aliphatic rings. The van der Waals surface area contributed by atoms with Crippen LogP contribution in [-0.2, 0) is 0 Å². The van der Waals surface area contributed by atoms with Gasteiger partial charge < -0.3 is 5.32 Å². The second-order valence-electron chi connectivity index (χ2n) is 4.32. The molecular weight excluding hydrogens is 252 g/mol. The van der Waals surface area contributed by atoms with E-state index < -0.39 is 0 Å². The van der Waals surface area contributed by atoms with E-state index in [1.54, 1.807) is 11.3 Å². The van der Waals surface area contributed by atoms with Gasteiger partial charge in [-0.2, -0.15) is 0 Å². The highest BCUT2D eigenvalue weighted by molar-refractivity contribution is 7.14. The smallest absolute Gasteiger partial charge is 0.183 e. The lowest BCUT2D eigenvalue weighted by atomic mass is 10.2. The van der Waals surface area contributed by atoms with Crippen LogP contribution in [0, 0.1) is 5.92 Å². The van der Waals surface area contributed by atoms with Crippen LogP contribution in [0.15, 0.2) is 29.6 Å². The predicted octanol–water partition coefficient (Wildman–Crippen LogP) is 4.53. The first-order valence-electron chi connectivity index (χ1n) is 5.60. The van der Waals surface area contributed by atoms with Gasteiger partial charge in [-0.25, -0.2) is 4.98 Å². The van der Waals surface area contributed by atoms with Gasteiger partial charge in [-0.15, -0.1) is 11.3 Å². The average Bonchev–Trinajstić information content (AvgIpc) is 2.76. The lowest BCUT2D eigenvalue weighted by Crippen LogP contribution is -2.07. The van der Waals surface area contributed by atoms with Crippen LogP contribution in [-0.4, -0.2) is 11.5 Å². The summed E-state index contributed by atoms with van der Waals surface area (Å²) in [6.45, 7) is 5.31. The summed E-state index contributed by atoms with van der Waals surface area (Å²) in [4.78, 5) is 4.55. The Kier molecular flexibility index (Phi) is 4.02. The molecule has 0 spiro atoms. The first-order valence-corrected chi connectivity index (χ1v) is 6.86. The molecule has 1 heterocycles. The summed E-state index contributed by atoms with van der Waals surface area (Å²) in [5.74, 6) is 0.623. The van der Waals surface area contributed by atoms with Crippen molar-refractivity contribution < 1.29 is 0 Å². The van der Waals surface area contributed by atoms with Crippen molar-refractivity contribution in [3.8, 4) is 11.3 Å². The number of benzene rings is 1. The topological polar surface area (TPSA) is 24.9 Å². The minimum atomic E-state index is 0.623. The van der Waals surface area contributed by atoms with E-state index in [1.807, 2.05) is 24.3 Å². The first-order chi connectivity index (χ1) is 8.15. The molecule has 0 aliphatic heterocycles. The molecule has 1 aromatic heterocycles. The van der Waals surface area contributed by atoms with E-state index in [4.69, 9.17) is 11.6 Å². The number of nitrogens with zero attached hydrogens (tertiary/aromatic N) is 1. The summed E-state index contributed by atoms with van der Waals surface area (Å²) in [5.41, 5.74) is 2.10. The fraction of sp³-hybridized carbons (Fsp3) is 0.308. The zero-order chi connectivity index (χ0) is 12.3. The molecule has 2 aromatic rings. The lowest BCUT2D eigenvalue weighted by molar-refractivity contribution is 0.688. The number of hydrogen-bond acceptors (Lipinski definition) is 3. The number of nitrogens with one attached hydrogen (secondary N) is 1. The third-order valence-corrected chi connectivity index (χ3v) is 3.36. The number of aromatic nitrogens is 1. The zero-order valence-electron chi connectivity index (χ0n) is 9.90. The molecule has 1 aromatic carbocycles.